The molecule has 7 nitrogen and oxygen atoms in total. The van der Waals surface area contributed by atoms with E-state index in [2.05, 4.69) is 9.97 Å². The molecule has 26 heavy (non-hydrogen) atoms. The Morgan fingerprint density at radius 1 is 1.38 bits per heavy atom. The van der Waals surface area contributed by atoms with Crippen molar-refractivity contribution in [1.82, 2.24) is 14.9 Å². The normalized spacial score (nSPS) is 13.6. The molecule has 1 amide bonds. The first kappa shape index (κ1) is 18.0. The Kier molecular flexibility index (Phi) is 5.25. The third-order valence-electron chi connectivity index (χ3n) is 4.65. The van der Waals surface area contributed by atoms with Crippen LogP contribution in [0.2, 0.25) is 0 Å². The van der Waals surface area contributed by atoms with Crippen LogP contribution in [0, 0.1) is 13.8 Å². The van der Waals surface area contributed by atoms with Crippen molar-refractivity contribution in [3.63, 3.8) is 0 Å². The fraction of sp³-hybridized carbons (Fsp3) is 0.421. The highest BCUT2D eigenvalue weighted by Crippen LogP contribution is 2.28. The van der Waals surface area contributed by atoms with Crippen molar-refractivity contribution < 1.29 is 14.3 Å². The van der Waals surface area contributed by atoms with Crippen molar-refractivity contribution in [2.24, 2.45) is 0 Å². The number of ether oxygens (including phenoxy) is 2. The number of aryl methyl sites for hydroxylation is 2. The number of nitrogens with zero attached hydrogens (tertiary/aromatic N) is 2. The molecule has 0 fully saturated rings. The zero-order chi connectivity index (χ0) is 18.7. The van der Waals surface area contributed by atoms with Crippen LogP contribution in [-0.2, 0) is 17.8 Å². The van der Waals surface area contributed by atoms with Crippen molar-refractivity contribution in [3.8, 4) is 11.5 Å². The first-order chi connectivity index (χ1) is 12.5. The number of fused-ring (bicyclic) bond motifs is 1. The second-order valence-corrected chi connectivity index (χ2v) is 6.37. The Balaban J connectivity index is 1.69. The van der Waals surface area contributed by atoms with Crippen LogP contribution in [0.25, 0.3) is 0 Å². The molecule has 2 aromatic rings. The number of amides is 1. The van der Waals surface area contributed by atoms with Crippen LogP contribution in [0.4, 0.5) is 0 Å². The number of nitrogens with one attached hydrogen (secondary N) is 1. The van der Waals surface area contributed by atoms with Crippen LogP contribution in [0.5, 0.6) is 11.5 Å². The quantitative estimate of drug-likeness (QED) is 0.901. The Morgan fingerprint density at radius 2 is 2.19 bits per heavy atom. The summed E-state index contributed by atoms with van der Waals surface area (Å²) in [4.78, 5) is 32.5. The Bertz CT molecular complexity index is 849. The summed E-state index contributed by atoms with van der Waals surface area (Å²) in [6, 6.07) is 5.65. The summed E-state index contributed by atoms with van der Waals surface area (Å²) in [6.07, 6.45) is 0.911. The molecule has 1 aliphatic heterocycles. The van der Waals surface area contributed by atoms with Gasteiger partial charge in [0.05, 0.1) is 13.7 Å². The molecule has 0 spiro atoms. The summed E-state index contributed by atoms with van der Waals surface area (Å²) in [5.74, 6) is 1.55. The standard InChI is InChI=1S/C19H23N3O4/c1-12-16(13(2)21-19(24)20-12)6-7-18(23)22-8-9-26-17-10-15(25-3)5-4-14(17)11-22/h4-5,10H,6-9,11H2,1-3H3,(H,20,21,24). The van der Waals surface area contributed by atoms with Gasteiger partial charge >= 0.3 is 5.69 Å². The second kappa shape index (κ2) is 7.59. The molecular weight excluding hydrogens is 334 g/mol. The maximum atomic E-state index is 12.7. The van der Waals surface area contributed by atoms with Crippen LogP contribution < -0.4 is 15.2 Å². The van der Waals surface area contributed by atoms with Crippen molar-refractivity contribution >= 4 is 5.91 Å². The lowest BCUT2D eigenvalue weighted by molar-refractivity contribution is -0.131. The predicted molar refractivity (Wildman–Crippen MR) is 96.6 cm³/mol. The maximum Gasteiger partial charge on any atom is 0.345 e. The predicted octanol–water partition coefficient (Wildman–Crippen LogP) is 1.75. The van der Waals surface area contributed by atoms with E-state index in [1.807, 2.05) is 30.0 Å². The van der Waals surface area contributed by atoms with Gasteiger partial charge in [-0.15, -0.1) is 0 Å². The average Bonchev–Trinajstić information content (AvgIpc) is 2.82. The van der Waals surface area contributed by atoms with Crippen LogP contribution >= 0.6 is 0 Å². The van der Waals surface area contributed by atoms with E-state index >= 15 is 0 Å². The third-order valence-corrected chi connectivity index (χ3v) is 4.65. The number of benzene rings is 1. The van der Waals surface area contributed by atoms with Gasteiger partial charge in [0.2, 0.25) is 5.91 Å². The van der Waals surface area contributed by atoms with E-state index in [0.717, 1.165) is 28.3 Å². The van der Waals surface area contributed by atoms with Crippen LogP contribution in [0.3, 0.4) is 0 Å². The summed E-state index contributed by atoms with van der Waals surface area (Å²) in [5, 5.41) is 0. The number of hydrogen-bond donors (Lipinski definition) is 1. The van der Waals surface area contributed by atoms with Crippen molar-refractivity contribution in [2.45, 2.75) is 33.2 Å². The molecule has 0 bridgehead atoms. The molecule has 0 saturated heterocycles. The lowest BCUT2D eigenvalue weighted by Gasteiger charge is -2.20. The molecule has 0 aliphatic carbocycles. The zero-order valence-electron chi connectivity index (χ0n) is 15.3. The Morgan fingerprint density at radius 3 is 2.92 bits per heavy atom. The van der Waals surface area contributed by atoms with Gasteiger partial charge in [-0.25, -0.2) is 4.79 Å². The van der Waals surface area contributed by atoms with Gasteiger partial charge in [0.15, 0.2) is 0 Å². The van der Waals surface area contributed by atoms with Crippen molar-refractivity contribution in [2.75, 3.05) is 20.3 Å². The molecule has 138 valence electrons. The van der Waals surface area contributed by atoms with Crippen molar-refractivity contribution in [1.29, 1.82) is 0 Å². The number of aromatic amines is 1. The summed E-state index contributed by atoms with van der Waals surface area (Å²) >= 11 is 0. The van der Waals surface area contributed by atoms with Gasteiger partial charge in [0.1, 0.15) is 18.1 Å². The Hall–Kier alpha value is -2.83. The molecule has 7 heteroatoms. The largest absolute Gasteiger partial charge is 0.497 e. The smallest absolute Gasteiger partial charge is 0.345 e. The van der Waals surface area contributed by atoms with Crippen LogP contribution in [0.15, 0.2) is 23.0 Å². The molecule has 0 saturated carbocycles. The molecule has 1 N–H and O–H groups in total. The van der Waals surface area contributed by atoms with E-state index < -0.39 is 0 Å². The maximum absolute atomic E-state index is 12.7. The topological polar surface area (TPSA) is 84.5 Å². The number of aromatic nitrogens is 2. The van der Waals surface area contributed by atoms with Gasteiger partial charge < -0.3 is 19.4 Å². The van der Waals surface area contributed by atoms with E-state index in [1.165, 1.54) is 0 Å². The lowest BCUT2D eigenvalue weighted by Crippen LogP contribution is -2.32. The highest BCUT2D eigenvalue weighted by Gasteiger charge is 2.20. The van der Waals surface area contributed by atoms with E-state index in [1.54, 1.807) is 14.0 Å². The summed E-state index contributed by atoms with van der Waals surface area (Å²) < 4.78 is 11.0. The fourth-order valence-electron chi connectivity index (χ4n) is 3.20. The van der Waals surface area contributed by atoms with Crippen LogP contribution in [-0.4, -0.2) is 41.0 Å². The summed E-state index contributed by atoms with van der Waals surface area (Å²) in [6.45, 7) is 5.13. The molecule has 3 rings (SSSR count). The van der Waals surface area contributed by atoms with Gasteiger partial charge in [-0.1, -0.05) is 0 Å². The first-order valence-electron chi connectivity index (χ1n) is 8.62. The van der Waals surface area contributed by atoms with Crippen molar-refractivity contribution in [3.05, 3.63) is 51.2 Å². The third kappa shape index (κ3) is 3.87. The molecule has 1 aromatic heterocycles. The van der Waals surface area contributed by atoms with E-state index in [9.17, 15) is 9.59 Å². The zero-order valence-corrected chi connectivity index (χ0v) is 15.3. The number of methoxy groups -OCH3 is 1. The highest BCUT2D eigenvalue weighted by molar-refractivity contribution is 5.76. The average molecular weight is 357 g/mol. The SMILES string of the molecule is COc1ccc2c(c1)OCCN(C(=O)CCc1c(C)nc(=O)[nH]c1C)C2. The minimum atomic E-state index is -0.355. The minimum absolute atomic E-state index is 0.0577. The van der Waals surface area contributed by atoms with E-state index in [-0.39, 0.29) is 11.6 Å². The van der Waals surface area contributed by atoms with E-state index in [4.69, 9.17) is 9.47 Å². The first-order valence-corrected chi connectivity index (χ1v) is 8.62. The summed E-state index contributed by atoms with van der Waals surface area (Å²) in [7, 11) is 1.61. The number of H-pyrrole nitrogens is 1. The van der Waals surface area contributed by atoms with E-state index in [0.29, 0.717) is 38.2 Å². The number of hydrogen-bond acceptors (Lipinski definition) is 5. The fourth-order valence-corrected chi connectivity index (χ4v) is 3.20. The van der Waals surface area contributed by atoms with Gasteiger partial charge in [0, 0.05) is 36.0 Å². The number of carbonyl (C=O) groups is 1. The molecular formula is C19H23N3O4. The highest BCUT2D eigenvalue weighted by atomic mass is 16.5. The van der Waals surface area contributed by atoms with Gasteiger partial charge in [-0.2, -0.15) is 4.98 Å². The second-order valence-electron chi connectivity index (χ2n) is 6.37. The molecule has 1 aromatic carbocycles. The van der Waals surface area contributed by atoms with Gasteiger partial charge in [0.25, 0.3) is 0 Å². The lowest BCUT2D eigenvalue weighted by atomic mass is 10.1. The van der Waals surface area contributed by atoms with Crippen LogP contribution in [0.1, 0.15) is 28.9 Å². The Labute approximate surface area is 152 Å². The number of carbonyl (C=O) groups excluding carboxylic acids is 1. The molecule has 1 aliphatic rings. The number of rotatable bonds is 4. The molecule has 2 heterocycles. The molecule has 0 unspecified atom stereocenters. The molecule has 0 atom stereocenters. The molecule has 0 radical (unpaired) electrons. The monoisotopic (exact) mass is 357 g/mol. The summed E-state index contributed by atoms with van der Waals surface area (Å²) in [5.41, 5.74) is 2.98. The van der Waals surface area contributed by atoms with Gasteiger partial charge in [-0.3, -0.25) is 4.79 Å². The van der Waals surface area contributed by atoms with Gasteiger partial charge in [-0.05, 0) is 38.0 Å². The minimum Gasteiger partial charge on any atom is -0.497 e.